The van der Waals surface area contributed by atoms with Gasteiger partial charge in [-0.15, -0.1) is 0 Å². The first-order valence-corrected chi connectivity index (χ1v) is 9.26. The van der Waals surface area contributed by atoms with E-state index < -0.39 is 0 Å². The van der Waals surface area contributed by atoms with Crippen molar-refractivity contribution in [3.05, 3.63) is 24.3 Å². The smallest absolute Gasteiger partial charge is 0.315 e. The number of rotatable bonds is 5. The Balaban J connectivity index is 1.40. The molecular formula is C19H29N3O3. The van der Waals surface area contributed by atoms with Gasteiger partial charge in [-0.1, -0.05) is 12.1 Å². The van der Waals surface area contributed by atoms with Gasteiger partial charge in [0.2, 0.25) is 0 Å². The lowest BCUT2D eigenvalue weighted by Gasteiger charge is -2.34. The summed E-state index contributed by atoms with van der Waals surface area (Å²) >= 11 is 0. The van der Waals surface area contributed by atoms with E-state index in [9.17, 15) is 4.79 Å². The Morgan fingerprint density at radius 1 is 1.28 bits per heavy atom. The van der Waals surface area contributed by atoms with Crippen molar-refractivity contribution in [3.8, 4) is 5.75 Å². The number of para-hydroxylation sites is 2. The lowest BCUT2D eigenvalue weighted by Crippen LogP contribution is -2.49. The number of benzene rings is 1. The molecule has 2 saturated heterocycles. The van der Waals surface area contributed by atoms with Crippen molar-refractivity contribution in [1.29, 1.82) is 0 Å². The Labute approximate surface area is 149 Å². The molecule has 1 unspecified atom stereocenters. The van der Waals surface area contributed by atoms with Crippen molar-refractivity contribution in [3.63, 3.8) is 0 Å². The van der Waals surface area contributed by atoms with Crippen LogP contribution in [0.3, 0.4) is 0 Å². The minimum atomic E-state index is -0.0543. The highest BCUT2D eigenvalue weighted by atomic mass is 16.5. The average Bonchev–Trinajstić information content (AvgIpc) is 2.68. The second-order valence-corrected chi connectivity index (χ2v) is 6.87. The molecule has 2 heterocycles. The molecule has 6 heteroatoms. The molecule has 0 radical (unpaired) electrons. The van der Waals surface area contributed by atoms with E-state index in [-0.39, 0.29) is 12.1 Å². The normalized spacial score (nSPS) is 21.6. The number of carbonyl (C=O) groups excluding carboxylic acids is 1. The van der Waals surface area contributed by atoms with Crippen LogP contribution in [-0.4, -0.2) is 52.0 Å². The van der Waals surface area contributed by atoms with Crippen molar-refractivity contribution < 1.29 is 14.3 Å². The minimum absolute atomic E-state index is 0.0543. The van der Waals surface area contributed by atoms with Gasteiger partial charge in [-0.2, -0.15) is 0 Å². The highest BCUT2D eigenvalue weighted by molar-refractivity contribution is 5.74. The third-order valence-electron chi connectivity index (χ3n) is 5.06. The van der Waals surface area contributed by atoms with E-state index in [1.807, 2.05) is 18.2 Å². The third kappa shape index (κ3) is 5.01. The Morgan fingerprint density at radius 3 is 2.80 bits per heavy atom. The molecule has 2 aliphatic heterocycles. The van der Waals surface area contributed by atoms with Crippen LogP contribution in [0.4, 0.5) is 10.5 Å². The Bertz CT molecular complexity index is 553. The summed E-state index contributed by atoms with van der Waals surface area (Å²) in [6.45, 7) is 4.15. The number of hydrogen-bond donors (Lipinski definition) is 2. The van der Waals surface area contributed by atoms with Gasteiger partial charge in [0.1, 0.15) is 5.75 Å². The molecule has 2 fully saturated rings. The number of hydrogen-bond acceptors (Lipinski definition) is 4. The quantitative estimate of drug-likeness (QED) is 0.858. The number of carbonyl (C=O) groups is 1. The van der Waals surface area contributed by atoms with Crippen molar-refractivity contribution in [2.75, 3.05) is 44.9 Å². The van der Waals surface area contributed by atoms with Gasteiger partial charge in [-0.05, 0) is 43.7 Å². The summed E-state index contributed by atoms with van der Waals surface area (Å²) in [6.07, 6.45) is 4.11. The van der Waals surface area contributed by atoms with Crippen LogP contribution < -0.4 is 20.3 Å². The van der Waals surface area contributed by atoms with E-state index in [0.29, 0.717) is 12.5 Å². The number of nitrogens with one attached hydrogen (secondary N) is 2. The maximum absolute atomic E-state index is 12.1. The lowest BCUT2D eigenvalue weighted by atomic mass is 10.0. The first-order valence-electron chi connectivity index (χ1n) is 9.26. The monoisotopic (exact) mass is 347 g/mol. The summed E-state index contributed by atoms with van der Waals surface area (Å²) in [5.74, 6) is 1.35. The van der Waals surface area contributed by atoms with E-state index in [4.69, 9.17) is 9.47 Å². The standard InChI is InChI=1S/C19H29N3O3/c1-24-18-7-3-2-6-17(18)22-10-8-16(9-11-22)21-19(23)20-13-15-5-4-12-25-14-15/h2-3,6-7,15-16H,4-5,8-14H2,1H3,(H2,20,21,23). The van der Waals surface area contributed by atoms with Gasteiger partial charge < -0.3 is 25.0 Å². The van der Waals surface area contributed by atoms with E-state index in [1.165, 1.54) is 0 Å². The summed E-state index contributed by atoms with van der Waals surface area (Å²) in [5.41, 5.74) is 1.13. The highest BCUT2D eigenvalue weighted by Gasteiger charge is 2.23. The van der Waals surface area contributed by atoms with Crippen LogP contribution in [0.2, 0.25) is 0 Å². The molecular weight excluding hydrogens is 318 g/mol. The SMILES string of the molecule is COc1ccccc1N1CCC(NC(=O)NCC2CCCOC2)CC1. The summed E-state index contributed by atoms with van der Waals surface area (Å²) in [5, 5.41) is 6.11. The molecule has 1 atom stereocenters. The maximum atomic E-state index is 12.1. The number of amides is 2. The van der Waals surface area contributed by atoms with Crippen molar-refractivity contribution in [2.24, 2.45) is 5.92 Å². The van der Waals surface area contributed by atoms with Crippen LogP contribution in [0.25, 0.3) is 0 Å². The summed E-state index contributed by atoms with van der Waals surface area (Å²) in [4.78, 5) is 14.4. The van der Waals surface area contributed by atoms with Crippen LogP contribution in [-0.2, 0) is 4.74 Å². The Kier molecular flexibility index (Phi) is 6.39. The van der Waals surface area contributed by atoms with Crippen molar-refractivity contribution in [2.45, 2.75) is 31.7 Å². The second kappa shape index (κ2) is 8.94. The van der Waals surface area contributed by atoms with Gasteiger partial charge in [-0.3, -0.25) is 0 Å². The number of piperidine rings is 1. The summed E-state index contributed by atoms with van der Waals surface area (Å²) in [6, 6.07) is 8.27. The number of urea groups is 1. The fourth-order valence-corrected chi connectivity index (χ4v) is 3.60. The van der Waals surface area contributed by atoms with Gasteiger partial charge in [0.15, 0.2) is 0 Å². The first kappa shape index (κ1) is 17.9. The first-order chi connectivity index (χ1) is 12.3. The van der Waals surface area contributed by atoms with Crippen molar-refractivity contribution in [1.82, 2.24) is 10.6 Å². The molecule has 1 aromatic rings. The van der Waals surface area contributed by atoms with E-state index in [0.717, 1.165) is 63.4 Å². The predicted molar refractivity (Wildman–Crippen MR) is 98.3 cm³/mol. The Hall–Kier alpha value is -1.95. The molecule has 0 aromatic heterocycles. The van der Waals surface area contributed by atoms with Gasteiger partial charge in [0.25, 0.3) is 0 Å². The zero-order chi connectivity index (χ0) is 17.5. The van der Waals surface area contributed by atoms with Crippen LogP contribution in [0.5, 0.6) is 5.75 Å². The molecule has 0 bridgehead atoms. The lowest BCUT2D eigenvalue weighted by molar-refractivity contribution is 0.0557. The zero-order valence-corrected chi connectivity index (χ0v) is 15.0. The molecule has 2 amide bonds. The molecule has 3 rings (SSSR count). The molecule has 1 aromatic carbocycles. The second-order valence-electron chi connectivity index (χ2n) is 6.87. The summed E-state index contributed by atoms with van der Waals surface area (Å²) < 4.78 is 10.9. The predicted octanol–water partition coefficient (Wildman–Crippen LogP) is 2.39. The summed E-state index contributed by atoms with van der Waals surface area (Å²) in [7, 11) is 1.70. The molecule has 0 spiro atoms. The fraction of sp³-hybridized carbons (Fsp3) is 0.632. The molecule has 2 aliphatic rings. The van der Waals surface area contributed by atoms with Crippen molar-refractivity contribution >= 4 is 11.7 Å². The van der Waals surface area contributed by atoms with Crippen LogP contribution in [0.1, 0.15) is 25.7 Å². The number of nitrogens with zero attached hydrogens (tertiary/aromatic N) is 1. The van der Waals surface area contributed by atoms with Gasteiger partial charge in [0, 0.05) is 32.3 Å². The van der Waals surface area contributed by atoms with E-state index in [2.05, 4.69) is 21.6 Å². The van der Waals surface area contributed by atoms with Gasteiger partial charge >= 0.3 is 6.03 Å². The zero-order valence-electron chi connectivity index (χ0n) is 15.0. The molecule has 0 saturated carbocycles. The van der Waals surface area contributed by atoms with Crippen LogP contribution in [0, 0.1) is 5.92 Å². The topological polar surface area (TPSA) is 62.8 Å². The van der Waals surface area contributed by atoms with E-state index >= 15 is 0 Å². The average molecular weight is 347 g/mol. The number of anilines is 1. The number of methoxy groups -OCH3 is 1. The molecule has 0 aliphatic carbocycles. The highest BCUT2D eigenvalue weighted by Crippen LogP contribution is 2.29. The Morgan fingerprint density at radius 2 is 2.08 bits per heavy atom. The fourth-order valence-electron chi connectivity index (χ4n) is 3.60. The van der Waals surface area contributed by atoms with Gasteiger partial charge in [0.05, 0.1) is 19.4 Å². The molecule has 138 valence electrons. The number of ether oxygens (including phenoxy) is 2. The van der Waals surface area contributed by atoms with Gasteiger partial charge in [-0.25, -0.2) is 4.79 Å². The molecule has 2 N–H and O–H groups in total. The van der Waals surface area contributed by atoms with E-state index in [1.54, 1.807) is 7.11 Å². The third-order valence-corrected chi connectivity index (χ3v) is 5.06. The van der Waals surface area contributed by atoms with Crippen LogP contribution in [0.15, 0.2) is 24.3 Å². The van der Waals surface area contributed by atoms with Crippen LogP contribution >= 0.6 is 0 Å². The minimum Gasteiger partial charge on any atom is -0.495 e. The molecule has 25 heavy (non-hydrogen) atoms. The largest absolute Gasteiger partial charge is 0.495 e. The maximum Gasteiger partial charge on any atom is 0.315 e. The molecule has 6 nitrogen and oxygen atoms in total.